The predicted molar refractivity (Wildman–Crippen MR) is 139 cm³/mol. The summed E-state index contributed by atoms with van der Waals surface area (Å²) in [6.07, 6.45) is 0. The molecule has 0 bridgehead atoms. The van der Waals surface area contributed by atoms with Gasteiger partial charge in [-0.2, -0.15) is 0 Å². The number of guanidine groups is 1. The fraction of sp³-hybridized carbons (Fsp3) is 0.292. The van der Waals surface area contributed by atoms with E-state index in [1.54, 1.807) is 28.4 Å². The summed E-state index contributed by atoms with van der Waals surface area (Å²) in [7, 11) is 6.52. The molecular weight excluding hydrogens is 521 g/mol. The number of benzene rings is 3. The summed E-state index contributed by atoms with van der Waals surface area (Å²) < 4.78 is 22.2. The molecule has 2 N–H and O–H groups in total. The number of halogens is 1. The summed E-state index contributed by atoms with van der Waals surface area (Å²) in [5.74, 6) is 3.35. The zero-order valence-corrected chi connectivity index (χ0v) is 21.1. The molecule has 0 saturated heterocycles. The quantitative estimate of drug-likeness (QED) is 0.180. The highest BCUT2D eigenvalue weighted by atomic mass is 127. The molecule has 7 nitrogen and oxygen atoms in total. The topological polar surface area (TPSA) is 73.3 Å². The van der Waals surface area contributed by atoms with Gasteiger partial charge < -0.3 is 29.6 Å². The van der Waals surface area contributed by atoms with Crippen LogP contribution in [0.5, 0.6) is 23.0 Å². The number of hydrogen-bond acceptors (Lipinski definition) is 5. The zero-order chi connectivity index (χ0) is 22.1. The maximum Gasteiger partial charge on any atom is 0.203 e. The fourth-order valence-corrected chi connectivity index (χ4v) is 3.30. The molecule has 0 aromatic heterocycles. The normalized spacial score (nSPS) is 10.8. The summed E-state index contributed by atoms with van der Waals surface area (Å²) in [6, 6.07) is 18.1. The van der Waals surface area contributed by atoms with Crippen LogP contribution in [-0.2, 0) is 6.54 Å². The van der Waals surface area contributed by atoms with E-state index in [1.807, 2.05) is 36.4 Å². The van der Waals surface area contributed by atoms with E-state index in [0.29, 0.717) is 42.9 Å². The lowest BCUT2D eigenvalue weighted by molar-refractivity contribution is 0.323. The first-order chi connectivity index (χ1) is 15.2. The minimum atomic E-state index is 0. The third-order valence-corrected chi connectivity index (χ3v) is 4.81. The number of fused-ring (bicyclic) bond motifs is 1. The summed E-state index contributed by atoms with van der Waals surface area (Å²) in [5.41, 5.74) is 0.976. The predicted octanol–water partition coefficient (Wildman–Crippen LogP) is 4.23. The molecule has 0 heterocycles. The Hall–Kier alpha value is -2.88. The molecule has 0 amide bonds. The molecule has 0 saturated carbocycles. The lowest BCUT2D eigenvalue weighted by Gasteiger charge is -2.16. The van der Waals surface area contributed by atoms with E-state index >= 15 is 0 Å². The van der Waals surface area contributed by atoms with Gasteiger partial charge in [-0.15, -0.1) is 24.0 Å². The van der Waals surface area contributed by atoms with E-state index < -0.39 is 0 Å². The van der Waals surface area contributed by atoms with Gasteiger partial charge in [-0.05, 0) is 29.1 Å². The van der Waals surface area contributed by atoms with Crippen LogP contribution in [0.2, 0.25) is 0 Å². The largest absolute Gasteiger partial charge is 0.493 e. The van der Waals surface area contributed by atoms with Gasteiger partial charge >= 0.3 is 0 Å². The second-order valence-corrected chi connectivity index (χ2v) is 6.71. The average molecular weight is 551 g/mol. The van der Waals surface area contributed by atoms with Gasteiger partial charge in [-0.1, -0.05) is 36.4 Å². The van der Waals surface area contributed by atoms with Gasteiger partial charge in [0.05, 0.1) is 27.9 Å². The van der Waals surface area contributed by atoms with Crippen molar-refractivity contribution in [2.24, 2.45) is 4.99 Å². The van der Waals surface area contributed by atoms with Crippen molar-refractivity contribution in [3.8, 4) is 23.0 Å². The standard InChI is InChI=1S/C24H29N3O4.HI/c1-25-24(27-16-17-14-21(28-2)23(30-4)22(15-17)29-3)26-12-13-31-20-11-7-9-18-8-5-6-10-19(18)20;/h5-11,14-15H,12-13,16H2,1-4H3,(H2,25,26,27);1H. The highest BCUT2D eigenvalue weighted by molar-refractivity contribution is 14.0. The van der Waals surface area contributed by atoms with Gasteiger partial charge in [-0.3, -0.25) is 4.99 Å². The first-order valence-corrected chi connectivity index (χ1v) is 10.0. The molecule has 0 aliphatic carbocycles. The second kappa shape index (κ2) is 12.8. The molecule has 32 heavy (non-hydrogen) atoms. The highest BCUT2D eigenvalue weighted by Crippen LogP contribution is 2.38. The van der Waals surface area contributed by atoms with Gasteiger partial charge in [0, 0.05) is 19.0 Å². The van der Waals surface area contributed by atoms with Crippen LogP contribution in [0.15, 0.2) is 59.6 Å². The van der Waals surface area contributed by atoms with Crippen LogP contribution in [-0.4, -0.2) is 47.5 Å². The van der Waals surface area contributed by atoms with Gasteiger partial charge in [0.15, 0.2) is 17.5 Å². The monoisotopic (exact) mass is 551 g/mol. The molecule has 3 aromatic carbocycles. The first-order valence-electron chi connectivity index (χ1n) is 10.0. The van der Waals surface area contributed by atoms with Gasteiger partial charge in [0.25, 0.3) is 0 Å². The van der Waals surface area contributed by atoms with Crippen LogP contribution in [0, 0.1) is 0 Å². The second-order valence-electron chi connectivity index (χ2n) is 6.71. The Balaban J connectivity index is 0.00000363. The zero-order valence-electron chi connectivity index (χ0n) is 18.8. The molecule has 0 fully saturated rings. The summed E-state index contributed by atoms with van der Waals surface area (Å²) in [4.78, 5) is 4.27. The molecule has 0 aliphatic rings. The van der Waals surface area contributed by atoms with Gasteiger partial charge in [-0.25, -0.2) is 0 Å². The number of nitrogens with zero attached hydrogens (tertiary/aromatic N) is 1. The van der Waals surface area contributed by atoms with Gasteiger partial charge in [0.1, 0.15) is 12.4 Å². The molecule has 0 aliphatic heterocycles. The van der Waals surface area contributed by atoms with E-state index in [1.165, 1.54) is 0 Å². The number of aliphatic imine (C=N–C) groups is 1. The van der Waals surface area contributed by atoms with Crippen molar-refractivity contribution in [3.63, 3.8) is 0 Å². The Labute approximate surface area is 206 Å². The lowest BCUT2D eigenvalue weighted by atomic mass is 10.1. The summed E-state index contributed by atoms with van der Waals surface area (Å²) in [5, 5.41) is 8.82. The Kier molecular flexibility index (Phi) is 10.2. The molecule has 0 spiro atoms. The van der Waals surface area contributed by atoms with Crippen molar-refractivity contribution in [2.75, 3.05) is 41.5 Å². The fourth-order valence-electron chi connectivity index (χ4n) is 3.30. The molecule has 3 rings (SSSR count). The van der Waals surface area contributed by atoms with E-state index in [9.17, 15) is 0 Å². The lowest BCUT2D eigenvalue weighted by Crippen LogP contribution is -2.38. The molecule has 3 aromatic rings. The molecule has 0 radical (unpaired) electrons. The Bertz CT molecular complexity index is 1010. The van der Waals surface area contributed by atoms with Crippen LogP contribution >= 0.6 is 24.0 Å². The average Bonchev–Trinajstić information content (AvgIpc) is 2.82. The molecule has 172 valence electrons. The summed E-state index contributed by atoms with van der Waals surface area (Å²) >= 11 is 0. The number of methoxy groups -OCH3 is 3. The van der Waals surface area contributed by atoms with Crippen molar-refractivity contribution in [3.05, 3.63) is 60.2 Å². The number of rotatable bonds is 9. The number of ether oxygens (including phenoxy) is 4. The van der Waals surface area contributed by atoms with E-state index in [-0.39, 0.29) is 24.0 Å². The minimum Gasteiger partial charge on any atom is -0.493 e. The Morgan fingerprint density at radius 1 is 0.844 bits per heavy atom. The molecule has 0 unspecified atom stereocenters. The van der Waals surface area contributed by atoms with Crippen molar-refractivity contribution in [1.82, 2.24) is 10.6 Å². The first kappa shape index (κ1) is 25.4. The van der Waals surface area contributed by atoms with Crippen LogP contribution < -0.4 is 29.6 Å². The van der Waals surface area contributed by atoms with E-state index in [4.69, 9.17) is 18.9 Å². The third-order valence-electron chi connectivity index (χ3n) is 4.81. The molecule has 8 heteroatoms. The van der Waals surface area contributed by atoms with E-state index in [2.05, 4.69) is 33.8 Å². The van der Waals surface area contributed by atoms with Crippen molar-refractivity contribution in [1.29, 1.82) is 0 Å². The molecular formula is C24H30IN3O4. The number of nitrogens with one attached hydrogen (secondary N) is 2. The Morgan fingerprint density at radius 3 is 2.19 bits per heavy atom. The molecule has 0 atom stereocenters. The summed E-state index contributed by atoms with van der Waals surface area (Å²) in [6.45, 7) is 1.66. The van der Waals surface area contributed by atoms with Crippen molar-refractivity contribution >= 4 is 40.7 Å². The smallest absolute Gasteiger partial charge is 0.203 e. The van der Waals surface area contributed by atoms with E-state index in [0.717, 1.165) is 22.1 Å². The maximum absolute atomic E-state index is 5.97. The SMILES string of the molecule is CN=C(NCCOc1cccc2ccccc12)NCc1cc(OC)c(OC)c(OC)c1.I. The van der Waals surface area contributed by atoms with Gasteiger partial charge in [0.2, 0.25) is 5.75 Å². The highest BCUT2D eigenvalue weighted by Gasteiger charge is 2.13. The van der Waals surface area contributed by atoms with Crippen molar-refractivity contribution < 1.29 is 18.9 Å². The third kappa shape index (κ3) is 6.32. The number of hydrogen-bond donors (Lipinski definition) is 2. The Morgan fingerprint density at radius 2 is 1.53 bits per heavy atom. The maximum atomic E-state index is 5.97. The van der Waals surface area contributed by atoms with Crippen molar-refractivity contribution in [2.45, 2.75) is 6.54 Å². The van der Waals surface area contributed by atoms with Crippen LogP contribution in [0.1, 0.15) is 5.56 Å². The van der Waals surface area contributed by atoms with Crippen LogP contribution in [0.3, 0.4) is 0 Å². The van der Waals surface area contributed by atoms with Crippen LogP contribution in [0.4, 0.5) is 0 Å². The van der Waals surface area contributed by atoms with Crippen LogP contribution in [0.25, 0.3) is 10.8 Å². The minimum absolute atomic E-state index is 0.